The summed E-state index contributed by atoms with van der Waals surface area (Å²) in [6, 6.07) is 6.25. The first-order valence-electron chi connectivity index (χ1n) is 10.4. The van der Waals surface area contributed by atoms with Crippen molar-refractivity contribution >= 4 is 21.6 Å². The van der Waals surface area contributed by atoms with Gasteiger partial charge in [0.1, 0.15) is 10.7 Å². The average molecular weight is 442 g/mol. The predicted octanol–water partition coefficient (Wildman–Crippen LogP) is 4.04. The first kappa shape index (κ1) is 23.3. The molecule has 0 spiro atoms. The van der Waals surface area contributed by atoms with Crippen LogP contribution in [0.1, 0.15) is 30.3 Å². The molecule has 1 unspecified atom stereocenters. The molecule has 0 saturated carbocycles. The molecule has 2 aromatic heterocycles. The van der Waals surface area contributed by atoms with E-state index in [0.29, 0.717) is 37.5 Å². The maximum absolute atomic E-state index is 13.0. The summed E-state index contributed by atoms with van der Waals surface area (Å²) in [7, 11) is 1.67. The quantitative estimate of drug-likeness (QED) is 0.367. The molecule has 0 aliphatic rings. The van der Waals surface area contributed by atoms with Gasteiger partial charge in [0.05, 0.1) is 17.5 Å². The Balaban J connectivity index is 1.92. The second kappa shape index (κ2) is 9.87. The van der Waals surface area contributed by atoms with Crippen LogP contribution in [-0.4, -0.2) is 52.4 Å². The van der Waals surface area contributed by atoms with Crippen LogP contribution in [0.15, 0.2) is 41.0 Å². The van der Waals surface area contributed by atoms with Crippen LogP contribution in [0.5, 0.6) is 0 Å². The minimum Gasteiger partial charge on any atom is -0.385 e. The summed E-state index contributed by atoms with van der Waals surface area (Å²) in [5.74, 6) is 0.587. The highest BCUT2D eigenvalue weighted by Crippen LogP contribution is 2.33. The van der Waals surface area contributed by atoms with Crippen LogP contribution in [-0.2, 0) is 11.3 Å². The lowest BCUT2D eigenvalue weighted by molar-refractivity contribution is 0.0536. The zero-order valence-corrected chi connectivity index (χ0v) is 19.5. The lowest BCUT2D eigenvalue weighted by Gasteiger charge is -2.29. The molecule has 3 rings (SSSR count). The van der Waals surface area contributed by atoms with Gasteiger partial charge in [0.25, 0.3) is 5.56 Å². The number of rotatable bonds is 10. The van der Waals surface area contributed by atoms with E-state index < -0.39 is 5.60 Å². The molecule has 7 heteroatoms. The summed E-state index contributed by atoms with van der Waals surface area (Å²) in [5.41, 5.74) is 3.14. The fourth-order valence-electron chi connectivity index (χ4n) is 3.76. The molecule has 0 amide bonds. The number of aryl methyl sites for hydroxylation is 2. The number of ether oxygens (including phenoxy) is 1. The third kappa shape index (κ3) is 5.68. The third-order valence-corrected chi connectivity index (χ3v) is 6.22. The van der Waals surface area contributed by atoms with Gasteiger partial charge in [-0.15, -0.1) is 17.9 Å². The van der Waals surface area contributed by atoms with E-state index in [-0.39, 0.29) is 5.56 Å². The number of hydrogen-bond donors (Lipinski definition) is 2. The number of nitrogens with zero attached hydrogens (tertiary/aromatic N) is 2. The molecule has 0 radical (unpaired) electrons. The van der Waals surface area contributed by atoms with Crippen molar-refractivity contribution in [2.75, 3.05) is 26.8 Å². The number of fused-ring (bicyclic) bond motifs is 1. The van der Waals surface area contributed by atoms with Gasteiger partial charge in [0.2, 0.25) is 0 Å². The highest BCUT2D eigenvalue weighted by Gasteiger charge is 2.22. The van der Waals surface area contributed by atoms with E-state index in [9.17, 15) is 9.90 Å². The SMILES string of the molecule is C=CC(C)(O)CN(CCCOC)Cc1nc2scc(-c3ccc(C)cc3C)c2c(=O)[nH]1. The van der Waals surface area contributed by atoms with Crippen molar-refractivity contribution in [2.24, 2.45) is 0 Å². The van der Waals surface area contributed by atoms with Gasteiger partial charge in [-0.25, -0.2) is 4.98 Å². The second-order valence-corrected chi connectivity index (χ2v) is 9.14. The fraction of sp³-hybridized carbons (Fsp3) is 0.417. The van der Waals surface area contributed by atoms with E-state index in [0.717, 1.165) is 27.9 Å². The average Bonchev–Trinajstić information content (AvgIpc) is 3.12. The number of nitrogens with one attached hydrogen (secondary N) is 1. The molecule has 2 heterocycles. The van der Waals surface area contributed by atoms with Crippen molar-refractivity contribution < 1.29 is 9.84 Å². The van der Waals surface area contributed by atoms with Crippen LogP contribution >= 0.6 is 11.3 Å². The standard InChI is InChI=1S/C24H31N3O3S/c1-6-24(4,29)15-27(10-7-11-30-5)13-20-25-22(28)21-19(14-31-23(21)26-20)18-9-8-16(2)12-17(18)3/h6,8-9,12,14,29H,1,7,10-11,13,15H2,2-5H3,(H,25,26,28). The summed E-state index contributed by atoms with van der Waals surface area (Å²) in [4.78, 5) is 23.5. The van der Waals surface area contributed by atoms with Crippen LogP contribution in [0, 0.1) is 13.8 Å². The first-order valence-corrected chi connectivity index (χ1v) is 11.3. The van der Waals surface area contributed by atoms with Crippen molar-refractivity contribution in [3.05, 3.63) is 63.5 Å². The second-order valence-electron chi connectivity index (χ2n) is 8.28. The number of aromatic nitrogens is 2. The van der Waals surface area contributed by atoms with Crippen LogP contribution in [0.3, 0.4) is 0 Å². The van der Waals surface area contributed by atoms with E-state index in [4.69, 9.17) is 9.72 Å². The molecule has 0 saturated heterocycles. The normalized spacial score (nSPS) is 13.6. The Hall–Kier alpha value is -2.32. The molecule has 0 fully saturated rings. The van der Waals surface area contributed by atoms with E-state index in [2.05, 4.69) is 48.5 Å². The van der Waals surface area contributed by atoms with Gasteiger partial charge < -0.3 is 14.8 Å². The summed E-state index contributed by atoms with van der Waals surface area (Å²) in [5, 5.41) is 13.1. The molecule has 6 nitrogen and oxygen atoms in total. The Morgan fingerprint density at radius 2 is 2.13 bits per heavy atom. The minimum atomic E-state index is -1.03. The molecule has 2 N–H and O–H groups in total. The maximum Gasteiger partial charge on any atom is 0.260 e. The molecule has 166 valence electrons. The van der Waals surface area contributed by atoms with Crippen molar-refractivity contribution in [3.8, 4) is 11.1 Å². The first-order chi connectivity index (χ1) is 14.7. The predicted molar refractivity (Wildman–Crippen MR) is 128 cm³/mol. The third-order valence-electron chi connectivity index (χ3n) is 5.34. The van der Waals surface area contributed by atoms with Gasteiger partial charge in [0.15, 0.2) is 0 Å². The Morgan fingerprint density at radius 3 is 2.81 bits per heavy atom. The van der Waals surface area contributed by atoms with E-state index >= 15 is 0 Å². The van der Waals surface area contributed by atoms with E-state index in [1.807, 2.05) is 5.38 Å². The Labute approximate surface area is 187 Å². The monoisotopic (exact) mass is 441 g/mol. The van der Waals surface area contributed by atoms with Gasteiger partial charge in [-0.1, -0.05) is 29.8 Å². The lowest BCUT2D eigenvalue weighted by Crippen LogP contribution is -2.40. The zero-order chi connectivity index (χ0) is 22.6. The molecule has 0 aliphatic carbocycles. The molecule has 1 atom stereocenters. The highest BCUT2D eigenvalue weighted by molar-refractivity contribution is 7.17. The highest BCUT2D eigenvalue weighted by atomic mass is 32.1. The smallest absolute Gasteiger partial charge is 0.260 e. The van der Waals surface area contributed by atoms with Gasteiger partial charge in [-0.3, -0.25) is 9.69 Å². The summed E-state index contributed by atoms with van der Waals surface area (Å²) in [6.45, 7) is 11.7. The number of hydrogen-bond acceptors (Lipinski definition) is 6. The van der Waals surface area contributed by atoms with Crippen LogP contribution in [0.2, 0.25) is 0 Å². The largest absolute Gasteiger partial charge is 0.385 e. The van der Waals surface area contributed by atoms with Gasteiger partial charge in [-0.2, -0.15) is 0 Å². The Bertz CT molecular complexity index is 1120. The topological polar surface area (TPSA) is 78.5 Å². The molecule has 0 aliphatic heterocycles. The number of H-pyrrole nitrogens is 1. The maximum atomic E-state index is 13.0. The molecule has 1 aromatic carbocycles. The molecular weight excluding hydrogens is 410 g/mol. The minimum absolute atomic E-state index is 0.136. The number of methoxy groups -OCH3 is 1. The Morgan fingerprint density at radius 1 is 1.35 bits per heavy atom. The summed E-state index contributed by atoms with van der Waals surface area (Å²) < 4.78 is 5.16. The number of aromatic amines is 1. The fourth-order valence-corrected chi connectivity index (χ4v) is 4.72. The lowest BCUT2D eigenvalue weighted by atomic mass is 9.99. The van der Waals surface area contributed by atoms with Crippen molar-refractivity contribution in [3.63, 3.8) is 0 Å². The van der Waals surface area contributed by atoms with E-state index in [1.54, 1.807) is 14.0 Å². The molecule has 31 heavy (non-hydrogen) atoms. The number of thiophene rings is 1. The summed E-state index contributed by atoms with van der Waals surface area (Å²) in [6.07, 6.45) is 2.34. The zero-order valence-electron chi connectivity index (χ0n) is 18.7. The summed E-state index contributed by atoms with van der Waals surface area (Å²) >= 11 is 1.48. The molecule has 3 aromatic rings. The van der Waals surface area contributed by atoms with Crippen molar-refractivity contribution in [2.45, 2.75) is 39.3 Å². The number of benzene rings is 1. The van der Waals surface area contributed by atoms with Gasteiger partial charge >= 0.3 is 0 Å². The van der Waals surface area contributed by atoms with E-state index in [1.165, 1.54) is 23.0 Å². The van der Waals surface area contributed by atoms with Crippen molar-refractivity contribution in [1.82, 2.24) is 14.9 Å². The van der Waals surface area contributed by atoms with Gasteiger partial charge in [0, 0.05) is 37.7 Å². The molecule has 0 bridgehead atoms. The van der Waals surface area contributed by atoms with Gasteiger partial charge in [-0.05, 0) is 38.3 Å². The van der Waals surface area contributed by atoms with Crippen LogP contribution < -0.4 is 5.56 Å². The Kier molecular flexibility index (Phi) is 7.43. The number of aliphatic hydroxyl groups is 1. The molecular formula is C24H31N3O3S. The van der Waals surface area contributed by atoms with Crippen LogP contribution in [0.4, 0.5) is 0 Å². The van der Waals surface area contributed by atoms with Crippen molar-refractivity contribution in [1.29, 1.82) is 0 Å². The van der Waals surface area contributed by atoms with Crippen LogP contribution in [0.25, 0.3) is 21.3 Å².